The zero-order chi connectivity index (χ0) is 14.8. The van der Waals surface area contributed by atoms with E-state index in [1.54, 1.807) is 15.8 Å². The molecule has 1 aliphatic heterocycles. The van der Waals surface area contributed by atoms with Crippen LogP contribution in [0.25, 0.3) is 5.69 Å². The standard InChI is InChI=1S/C15H15N3O2S/c1-11(19)21-13-9-15(20)17(10-13)14-7-8-16-18(14)12-5-3-2-4-6-12/h2-8,13H,9-10H2,1H3. The van der Waals surface area contributed by atoms with E-state index < -0.39 is 0 Å². The van der Waals surface area contributed by atoms with Crippen LogP contribution in [0.2, 0.25) is 0 Å². The van der Waals surface area contributed by atoms with Crippen molar-refractivity contribution in [3.05, 3.63) is 42.6 Å². The van der Waals surface area contributed by atoms with Gasteiger partial charge in [0.05, 0.1) is 11.9 Å². The molecule has 0 bridgehead atoms. The van der Waals surface area contributed by atoms with E-state index in [9.17, 15) is 9.59 Å². The number of hydrogen-bond donors (Lipinski definition) is 0. The molecule has 1 aliphatic rings. The van der Waals surface area contributed by atoms with E-state index in [1.807, 2.05) is 36.4 Å². The molecule has 3 rings (SSSR count). The Morgan fingerprint density at radius 1 is 1.29 bits per heavy atom. The van der Waals surface area contributed by atoms with Crippen molar-refractivity contribution < 1.29 is 9.59 Å². The summed E-state index contributed by atoms with van der Waals surface area (Å²) in [6.45, 7) is 2.08. The van der Waals surface area contributed by atoms with Gasteiger partial charge in [0.1, 0.15) is 5.82 Å². The molecule has 0 saturated carbocycles. The molecule has 0 radical (unpaired) electrons. The van der Waals surface area contributed by atoms with Crippen LogP contribution in [0.3, 0.4) is 0 Å². The number of hydrogen-bond acceptors (Lipinski definition) is 4. The van der Waals surface area contributed by atoms with Crippen molar-refractivity contribution in [2.24, 2.45) is 0 Å². The van der Waals surface area contributed by atoms with Crippen molar-refractivity contribution in [1.82, 2.24) is 9.78 Å². The molecule has 108 valence electrons. The fraction of sp³-hybridized carbons (Fsp3) is 0.267. The average Bonchev–Trinajstić information content (AvgIpc) is 3.05. The van der Waals surface area contributed by atoms with Crippen LogP contribution in [-0.2, 0) is 9.59 Å². The molecule has 5 nitrogen and oxygen atoms in total. The lowest BCUT2D eigenvalue weighted by atomic mass is 10.3. The number of carbonyl (C=O) groups excluding carboxylic acids is 2. The van der Waals surface area contributed by atoms with Gasteiger partial charge in [0.2, 0.25) is 5.91 Å². The first-order valence-electron chi connectivity index (χ1n) is 6.72. The number of nitrogens with zero attached hydrogens (tertiary/aromatic N) is 3. The first-order valence-corrected chi connectivity index (χ1v) is 7.60. The lowest BCUT2D eigenvalue weighted by Gasteiger charge is -2.17. The number of rotatable bonds is 3. The Bertz CT molecular complexity index is 669. The second kappa shape index (κ2) is 5.73. The number of aromatic nitrogens is 2. The third kappa shape index (κ3) is 2.85. The molecule has 0 spiro atoms. The lowest BCUT2D eigenvalue weighted by molar-refractivity contribution is -0.117. The molecule has 0 N–H and O–H groups in total. The van der Waals surface area contributed by atoms with Crippen molar-refractivity contribution in [3.8, 4) is 5.69 Å². The summed E-state index contributed by atoms with van der Waals surface area (Å²) < 4.78 is 1.75. The summed E-state index contributed by atoms with van der Waals surface area (Å²) in [6, 6.07) is 11.5. The van der Waals surface area contributed by atoms with Gasteiger partial charge in [-0.15, -0.1) is 0 Å². The van der Waals surface area contributed by atoms with Gasteiger partial charge >= 0.3 is 0 Å². The van der Waals surface area contributed by atoms with Gasteiger partial charge < -0.3 is 0 Å². The minimum absolute atomic E-state index is 0.0223. The Kier molecular flexibility index (Phi) is 3.79. The molecule has 1 aromatic carbocycles. The molecule has 2 aromatic rings. The lowest BCUT2D eigenvalue weighted by Crippen LogP contribution is -2.27. The summed E-state index contributed by atoms with van der Waals surface area (Å²) in [4.78, 5) is 25.1. The number of para-hydroxylation sites is 1. The molecule has 2 heterocycles. The van der Waals surface area contributed by atoms with Gasteiger partial charge in [-0.25, -0.2) is 4.68 Å². The summed E-state index contributed by atoms with van der Waals surface area (Å²) in [7, 11) is 0. The van der Waals surface area contributed by atoms with Gasteiger partial charge in [0.25, 0.3) is 0 Å². The van der Waals surface area contributed by atoms with Crippen LogP contribution in [0.5, 0.6) is 0 Å². The highest BCUT2D eigenvalue weighted by Gasteiger charge is 2.33. The summed E-state index contributed by atoms with van der Waals surface area (Å²) in [5.41, 5.74) is 0.910. The number of anilines is 1. The molecule has 21 heavy (non-hydrogen) atoms. The number of carbonyl (C=O) groups is 2. The molecule has 1 atom stereocenters. The fourth-order valence-electron chi connectivity index (χ4n) is 2.48. The Balaban J connectivity index is 1.87. The van der Waals surface area contributed by atoms with Gasteiger partial charge in [-0.05, 0) is 12.1 Å². The van der Waals surface area contributed by atoms with E-state index in [2.05, 4.69) is 5.10 Å². The third-order valence-electron chi connectivity index (χ3n) is 3.32. The average molecular weight is 301 g/mol. The fourth-order valence-corrected chi connectivity index (χ4v) is 3.40. The van der Waals surface area contributed by atoms with E-state index in [4.69, 9.17) is 0 Å². The van der Waals surface area contributed by atoms with Crippen LogP contribution in [0.15, 0.2) is 42.6 Å². The van der Waals surface area contributed by atoms with E-state index >= 15 is 0 Å². The van der Waals surface area contributed by atoms with Crippen molar-refractivity contribution in [2.45, 2.75) is 18.6 Å². The molecular weight excluding hydrogens is 286 g/mol. The van der Waals surface area contributed by atoms with Gasteiger partial charge in [0.15, 0.2) is 5.12 Å². The third-order valence-corrected chi connectivity index (χ3v) is 4.30. The van der Waals surface area contributed by atoms with E-state index in [-0.39, 0.29) is 16.3 Å². The summed E-state index contributed by atoms with van der Waals surface area (Å²) >= 11 is 1.24. The van der Waals surface area contributed by atoms with E-state index in [0.29, 0.717) is 13.0 Å². The SMILES string of the molecule is CC(=O)SC1CC(=O)N(c2ccnn2-c2ccccc2)C1. The van der Waals surface area contributed by atoms with Crippen molar-refractivity contribution in [2.75, 3.05) is 11.4 Å². The molecule has 6 heteroatoms. The highest BCUT2D eigenvalue weighted by molar-refractivity contribution is 8.14. The Labute approximate surface area is 126 Å². The summed E-state index contributed by atoms with van der Waals surface area (Å²) in [5.74, 6) is 0.782. The van der Waals surface area contributed by atoms with Gasteiger partial charge in [-0.2, -0.15) is 5.10 Å². The summed E-state index contributed by atoms with van der Waals surface area (Å²) in [6.07, 6.45) is 2.07. The van der Waals surface area contributed by atoms with Crippen LogP contribution < -0.4 is 4.90 Å². The maximum Gasteiger partial charge on any atom is 0.229 e. The van der Waals surface area contributed by atoms with Crippen LogP contribution >= 0.6 is 11.8 Å². The van der Waals surface area contributed by atoms with Crippen molar-refractivity contribution in [3.63, 3.8) is 0 Å². The minimum Gasteiger partial charge on any atom is -0.296 e. The van der Waals surface area contributed by atoms with Gasteiger partial charge in [0, 0.05) is 31.2 Å². The maximum atomic E-state index is 12.2. The van der Waals surface area contributed by atoms with E-state index in [1.165, 1.54) is 18.7 Å². The quantitative estimate of drug-likeness (QED) is 0.872. The minimum atomic E-state index is 0.0223. The zero-order valence-electron chi connectivity index (χ0n) is 11.6. The number of amides is 1. The monoisotopic (exact) mass is 301 g/mol. The second-order valence-electron chi connectivity index (χ2n) is 4.88. The first-order chi connectivity index (χ1) is 10.1. The highest BCUT2D eigenvalue weighted by atomic mass is 32.2. The van der Waals surface area contributed by atoms with Crippen molar-refractivity contribution >= 4 is 28.6 Å². The van der Waals surface area contributed by atoms with E-state index in [0.717, 1.165) is 11.5 Å². The Morgan fingerprint density at radius 2 is 2.05 bits per heavy atom. The van der Waals surface area contributed by atoms with Crippen molar-refractivity contribution in [1.29, 1.82) is 0 Å². The first kappa shape index (κ1) is 13.9. The molecule has 1 unspecified atom stereocenters. The predicted octanol–water partition coefficient (Wildman–Crippen LogP) is 2.26. The molecular formula is C15H15N3O2S. The smallest absolute Gasteiger partial charge is 0.229 e. The number of thioether (sulfide) groups is 1. The summed E-state index contributed by atoms with van der Waals surface area (Å²) in [5, 5.41) is 4.37. The molecule has 1 saturated heterocycles. The van der Waals surface area contributed by atoms with Crippen LogP contribution in [0.1, 0.15) is 13.3 Å². The number of benzene rings is 1. The van der Waals surface area contributed by atoms with Crippen LogP contribution in [0.4, 0.5) is 5.82 Å². The second-order valence-corrected chi connectivity index (χ2v) is 6.35. The molecule has 1 aromatic heterocycles. The Hall–Kier alpha value is -2.08. The molecule has 0 aliphatic carbocycles. The molecule has 1 fully saturated rings. The normalized spacial score (nSPS) is 18.2. The Morgan fingerprint density at radius 3 is 2.76 bits per heavy atom. The topological polar surface area (TPSA) is 55.2 Å². The predicted molar refractivity (Wildman–Crippen MR) is 82.6 cm³/mol. The molecule has 1 amide bonds. The van der Waals surface area contributed by atoms with Gasteiger partial charge in [-0.1, -0.05) is 30.0 Å². The van der Waals surface area contributed by atoms with Gasteiger partial charge in [-0.3, -0.25) is 14.5 Å². The highest BCUT2D eigenvalue weighted by Crippen LogP contribution is 2.29. The van der Waals surface area contributed by atoms with Crippen LogP contribution in [0, 0.1) is 0 Å². The zero-order valence-corrected chi connectivity index (χ0v) is 12.4. The maximum absolute atomic E-state index is 12.2. The van der Waals surface area contributed by atoms with Crippen LogP contribution in [-0.4, -0.2) is 32.6 Å². The largest absolute Gasteiger partial charge is 0.296 e.